The van der Waals surface area contributed by atoms with Crippen molar-refractivity contribution in [1.29, 1.82) is 0 Å². The van der Waals surface area contributed by atoms with Crippen LogP contribution in [0.3, 0.4) is 0 Å². The summed E-state index contributed by atoms with van der Waals surface area (Å²) in [5, 5.41) is 6.17. The fourth-order valence-corrected chi connectivity index (χ4v) is 13.7. The zero-order valence-corrected chi connectivity index (χ0v) is 42.5. The lowest BCUT2D eigenvalue weighted by Crippen LogP contribution is -2.59. The van der Waals surface area contributed by atoms with Crippen LogP contribution in [0.5, 0.6) is 0 Å². The van der Waals surface area contributed by atoms with Gasteiger partial charge in [-0.15, -0.1) is 0 Å². The first-order valence-corrected chi connectivity index (χ1v) is 27.6. The van der Waals surface area contributed by atoms with Crippen molar-refractivity contribution in [3.63, 3.8) is 0 Å². The summed E-state index contributed by atoms with van der Waals surface area (Å²) in [6.45, 7) is 11.9. The van der Waals surface area contributed by atoms with E-state index in [0.717, 1.165) is 128 Å². The van der Waals surface area contributed by atoms with E-state index in [-0.39, 0.29) is 65.4 Å². The van der Waals surface area contributed by atoms with E-state index in [1.54, 1.807) is 0 Å². The van der Waals surface area contributed by atoms with Gasteiger partial charge in [-0.3, -0.25) is 29.3 Å². The van der Waals surface area contributed by atoms with Gasteiger partial charge in [-0.2, -0.15) is 0 Å². The number of hydrogen-bond acceptors (Lipinski definition) is 10. The zero-order valence-electron chi connectivity index (χ0n) is 42.5. The summed E-state index contributed by atoms with van der Waals surface area (Å²) >= 11 is 0. The van der Waals surface area contributed by atoms with Gasteiger partial charge < -0.3 is 34.4 Å². The van der Waals surface area contributed by atoms with Gasteiger partial charge in [0.2, 0.25) is 29.5 Å². The molecule has 3 unspecified atom stereocenters. The molecule has 12 rings (SSSR count). The van der Waals surface area contributed by atoms with Gasteiger partial charge in [-0.25, -0.2) is 9.97 Å². The molecule has 7 fully saturated rings. The lowest BCUT2D eigenvalue weighted by Gasteiger charge is -2.48. The number of amides is 5. The molecule has 15 nitrogen and oxygen atoms in total. The average Bonchev–Trinajstić information content (AvgIpc) is 4.05. The van der Waals surface area contributed by atoms with Gasteiger partial charge in [0.05, 0.1) is 34.8 Å². The number of anilines is 3. The summed E-state index contributed by atoms with van der Waals surface area (Å²) in [4.78, 5) is 89.7. The number of rotatable bonds is 10. The Morgan fingerprint density at radius 3 is 2.25 bits per heavy atom. The number of nitrogens with one attached hydrogen (secondary N) is 2. The molecule has 2 aliphatic carbocycles. The molecule has 2 aromatic heterocycles. The van der Waals surface area contributed by atoms with E-state index >= 15 is 4.79 Å². The highest BCUT2D eigenvalue weighted by Crippen LogP contribution is 2.52. The first kappa shape index (κ1) is 47.2. The molecule has 72 heavy (non-hydrogen) atoms. The van der Waals surface area contributed by atoms with Crippen LogP contribution < -0.4 is 20.4 Å². The Labute approximate surface area is 423 Å². The second kappa shape index (κ2) is 18.9. The number of hydrogen-bond donors (Lipinski definition) is 2. The van der Waals surface area contributed by atoms with Gasteiger partial charge in [0.15, 0.2) is 5.82 Å². The van der Waals surface area contributed by atoms with Crippen LogP contribution in [0.4, 0.5) is 17.2 Å². The summed E-state index contributed by atoms with van der Waals surface area (Å²) in [6, 6.07) is 17.9. The summed E-state index contributed by atoms with van der Waals surface area (Å²) in [7, 11) is 0. The third-order valence-corrected chi connectivity index (χ3v) is 18.3. The maximum absolute atomic E-state index is 15.3. The summed E-state index contributed by atoms with van der Waals surface area (Å²) < 4.78 is 2.20. The predicted molar refractivity (Wildman–Crippen MR) is 278 cm³/mol. The average molecular weight is 977 g/mol. The molecule has 5 saturated heterocycles. The van der Waals surface area contributed by atoms with Crippen LogP contribution in [0.25, 0.3) is 22.3 Å². The largest absolute Gasteiger partial charge is 0.371 e. The number of likely N-dealkylation sites (tertiary alicyclic amines) is 3. The monoisotopic (exact) mass is 977 g/mol. The molecule has 4 aromatic rings. The number of fused-ring (bicyclic) bond motifs is 3. The highest BCUT2D eigenvalue weighted by molar-refractivity contribution is 6.09. The molecule has 8 aliphatic rings. The number of pyridine rings is 1. The van der Waals surface area contributed by atoms with Crippen molar-refractivity contribution < 1.29 is 24.0 Å². The molecular weight excluding hydrogens is 905 g/mol. The molecule has 3 atom stereocenters. The second-order valence-corrected chi connectivity index (χ2v) is 23.0. The van der Waals surface area contributed by atoms with Gasteiger partial charge in [0, 0.05) is 92.2 Å². The Kier molecular flexibility index (Phi) is 12.4. The van der Waals surface area contributed by atoms with E-state index in [0.29, 0.717) is 57.4 Å². The van der Waals surface area contributed by atoms with Crippen LogP contribution in [0.15, 0.2) is 54.9 Å². The molecular formula is C57H72N10O5. The van der Waals surface area contributed by atoms with Gasteiger partial charge in [0.1, 0.15) is 5.52 Å². The molecule has 15 heteroatoms. The van der Waals surface area contributed by atoms with Crippen molar-refractivity contribution in [2.24, 2.45) is 11.8 Å². The normalized spacial score (nSPS) is 27.1. The van der Waals surface area contributed by atoms with E-state index in [1.807, 2.05) is 40.4 Å². The molecule has 8 heterocycles. The van der Waals surface area contributed by atoms with Crippen molar-refractivity contribution in [1.82, 2.24) is 34.6 Å². The summed E-state index contributed by atoms with van der Waals surface area (Å²) in [6.07, 6.45) is 15.0. The highest BCUT2D eigenvalue weighted by Gasteiger charge is 2.56. The van der Waals surface area contributed by atoms with Gasteiger partial charge in [-0.1, -0.05) is 30.7 Å². The summed E-state index contributed by atoms with van der Waals surface area (Å²) in [5.41, 5.74) is 7.17. The Bertz CT molecular complexity index is 2760. The van der Waals surface area contributed by atoms with Crippen LogP contribution in [-0.2, 0) is 29.4 Å². The van der Waals surface area contributed by atoms with Gasteiger partial charge in [-0.05, 0) is 153 Å². The molecule has 1 spiro atoms. The number of aromatic nitrogens is 3. The van der Waals surface area contributed by atoms with E-state index in [1.165, 1.54) is 19.3 Å². The van der Waals surface area contributed by atoms with Crippen LogP contribution in [-0.4, -0.2) is 129 Å². The number of carbonyl (C=O) groups excluding carboxylic acids is 5. The Hall–Kier alpha value is -5.83. The number of piperidine rings is 5. The van der Waals surface area contributed by atoms with Crippen LogP contribution in [0.1, 0.15) is 140 Å². The fourth-order valence-electron chi connectivity index (χ4n) is 13.7. The molecule has 2 aromatic carbocycles. The molecule has 2 N–H and O–H groups in total. The van der Waals surface area contributed by atoms with Gasteiger partial charge >= 0.3 is 0 Å². The third kappa shape index (κ3) is 8.44. The molecule has 0 bridgehead atoms. The number of imidazole rings is 1. The van der Waals surface area contributed by atoms with E-state index in [2.05, 4.69) is 74.9 Å². The summed E-state index contributed by atoms with van der Waals surface area (Å²) in [5.74, 6) is 0.213. The minimum Gasteiger partial charge on any atom is -0.371 e. The maximum atomic E-state index is 15.3. The van der Waals surface area contributed by atoms with Crippen molar-refractivity contribution in [2.45, 2.75) is 159 Å². The lowest BCUT2D eigenvalue weighted by molar-refractivity contribution is -0.149. The van der Waals surface area contributed by atoms with Crippen molar-refractivity contribution in [3.8, 4) is 11.3 Å². The Morgan fingerprint density at radius 2 is 1.54 bits per heavy atom. The van der Waals surface area contributed by atoms with Gasteiger partial charge in [0.25, 0.3) is 0 Å². The smallest absolute Gasteiger partial charge is 0.238 e. The van der Waals surface area contributed by atoms with Crippen molar-refractivity contribution in [2.75, 3.05) is 60.9 Å². The number of benzene rings is 2. The Morgan fingerprint density at radius 1 is 0.792 bits per heavy atom. The van der Waals surface area contributed by atoms with Crippen molar-refractivity contribution >= 4 is 57.8 Å². The van der Waals surface area contributed by atoms with E-state index in [9.17, 15) is 19.2 Å². The first-order valence-electron chi connectivity index (χ1n) is 27.6. The minimum atomic E-state index is -0.697. The maximum Gasteiger partial charge on any atom is 0.238 e. The number of carbonyl (C=O) groups is 5. The standard InChI is InChI=1S/C57H72N10O5/c1-35(2)66-34-58-48-33-47(60-52(51(48)66)59-40-12-13-40)39-11-17-46-49(30-39)67(43-31-42(32-43)62-23-5-4-6-24-62)56(72)57(46)21-28-64(29-22-57)55(71)44-8-7-25-65(36(44)3)54(70)38-19-26-63(27-20-38)41-14-9-37(10-15-41)45-16-18-50(68)61-53(45)69/h9-11,14-15,17,30,33-36,38,40,42-45H,4-8,12-13,16,18-29,31-32H2,1-3H3,(H,59,60)(H,61,68,69)/t36?,42-,43+,44?,45?. The third-order valence-electron chi connectivity index (χ3n) is 18.3. The molecule has 5 amide bonds. The molecule has 0 radical (unpaired) electrons. The zero-order chi connectivity index (χ0) is 49.4. The first-order chi connectivity index (χ1) is 34.9. The predicted octanol–water partition coefficient (Wildman–Crippen LogP) is 7.54. The van der Waals surface area contributed by atoms with Crippen LogP contribution in [0.2, 0.25) is 0 Å². The molecule has 380 valence electrons. The molecule has 2 saturated carbocycles. The second-order valence-electron chi connectivity index (χ2n) is 23.0. The topological polar surface area (TPSA) is 156 Å². The van der Waals surface area contributed by atoms with E-state index in [4.69, 9.17) is 9.97 Å². The van der Waals surface area contributed by atoms with E-state index < -0.39 is 5.41 Å². The number of nitrogens with zero attached hydrogens (tertiary/aromatic N) is 8. The lowest BCUT2D eigenvalue weighted by atomic mass is 9.73. The number of imide groups is 1. The Balaban J connectivity index is 0.729. The highest BCUT2D eigenvalue weighted by atomic mass is 16.2. The van der Waals surface area contributed by atoms with Crippen molar-refractivity contribution in [3.05, 3.63) is 66.0 Å². The fraction of sp³-hybridized carbons (Fsp3) is 0.596. The van der Waals surface area contributed by atoms with Crippen LogP contribution in [0, 0.1) is 11.8 Å². The SMILES string of the molecule is CC1C(C(=O)N2CCC3(CC2)C(=O)N([C@H]2C[C@@H](N4CCCCC4)C2)c2cc(-c4cc5ncn(C(C)C)c5c(NC5CC5)n4)ccc23)CCCN1C(=O)C1CCN(c2ccc(C3CCC(=O)NC3=O)cc2)CC1. The quantitative estimate of drug-likeness (QED) is 0.152. The van der Waals surface area contributed by atoms with Crippen LogP contribution >= 0.6 is 0 Å². The minimum absolute atomic E-state index is 0.0958. The molecule has 6 aliphatic heterocycles.